The van der Waals surface area contributed by atoms with Crippen LogP contribution in [0.5, 0.6) is 0 Å². The number of carbonyl (C=O) groups excluding carboxylic acids is 1. The van der Waals surface area contributed by atoms with Crippen molar-refractivity contribution in [3.8, 4) is 0 Å². The summed E-state index contributed by atoms with van der Waals surface area (Å²) in [4.78, 5) is 10.6. The van der Waals surface area contributed by atoms with Crippen LogP contribution in [0.25, 0.3) is 0 Å². The van der Waals surface area contributed by atoms with Crippen molar-refractivity contribution >= 4 is 18.7 Å². The average molecular weight is 160 g/mol. The monoisotopic (exact) mass is 160 g/mol. The van der Waals surface area contributed by atoms with E-state index in [2.05, 4.69) is 0 Å². The molecule has 12 heavy (non-hydrogen) atoms. The molecule has 1 aromatic rings. The summed E-state index contributed by atoms with van der Waals surface area (Å²) >= 11 is 0. The van der Waals surface area contributed by atoms with Gasteiger partial charge in [-0.25, -0.2) is 0 Å². The van der Waals surface area contributed by atoms with Gasteiger partial charge in [-0.3, -0.25) is 4.79 Å². The summed E-state index contributed by atoms with van der Waals surface area (Å²) in [6.45, 7) is -0.429. The highest BCUT2D eigenvalue weighted by Crippen LogP contribution is 2.14. The fourth-order valence-electron chi connectivity index (χ4n) is 1.80. The minimum Gasteiger partial charge on any atom is -0.446 e. The number of benzene rings is 1. The molecule has 1 heterocycles. The van der Waals surface area contributed by atoms with E-state index in [-0.39, 0.29) is 0 Å². The zero-order chi connectivity index (χ0) is 8.55. The second-order valence-corrected chi connectivity index (χ2v) is 3.09. The van der Waals surface area contributed by atoms with Gasteiger partial charge in [0.2, 0.25) is 0 Å². The van der Waals surface area contributed by atoms with E-state index >= 15 is 0 Å². The van der Waals surface area contributed by atoms with E-state index in [0.717, 1.165) is 30.1 Å². The van der Waals surface area contributed by atoms with Gasteiger partial charge in [-0.1, -0.05) is 23.8 Å². The van der Waals surface area contributed by atoms with Gasteiger partial charge < -0.3 is 5.02 Å². The molecule has 0 atom stereocenters. The average Bonchev–Trinajstić information content (AvgIpc) is 2.48. The molecule has 3 heteroatoms. The summed E-state index contributed by atoms with van der Waals surface area (Å²) in [5.41, 5.74) is 2.59. The third-order valence-corrected chi connectivity index (χ3v) is 2.38. The van der Waals surface area contributed by atoms with Gasteiger partial charge in [-0.15, -0.1) is 0 Å². The fraction of sp³-hybridized carbons (Fsp3) is 0.222. The predicted octanol–water partition coefficient (Wildman–Crippen LogP) is 0.246. The number of hydrogen-bond acceptors (Lipinski definition) is 2. The number of hydrogen-bond donors (Lipinski definition) is 1. The van der Waals surface area contributed by atoms with Crippen LogP contribution in [0, 0.1) is 0 Å². The molecule has 0 unspecified atom stereocenters. The first-order chi connectivity index (χ1) is 5.83. The lowest BCUT2D eigenvalue weighted by Crippen LogP contribution is -2.29. The van der Waals surface area contributed by atoms with Crippen molar-refractivity contribution < 1.29 is 9.82 Å². The third kappa shape index (κ3) is 0.977. The molecule has 60 valence electrons. The smallest absolute Gasteiger partial charge is 0.324 e. The maximum absolute atomic E-state index is 10.6. The van der Waals surface area contributed by atoms with E-state index in [1.807, 2.05) is 12.1 Å². The quantitative estimate of drug-likeness (QED) is 0.472. The Hall–Kier alpha value is -1.09. The molecule has 2 rings (SSSR count). The van der Waals surface area contributed by atoms with Crippen molar-refractivity contribution in [1.82, 2.24) is 0 Å². The Labute approximate surface area is 71.3 Å². The van der Waals surface area contributed by atoms with E-state index < -0.39 is 6.92 Å². The van der Waals surface area contributed by atoms with Crippen LogP contribution in [0.1, 0.15) is 15.9 Å². The molecule has 1 aromatic carbocycles. The van der Waals surface area contributed by atoms with Crippen LogP contribution < -0.4 is 5.46 Å². The first-order valence-electron chi connectivity index (χ1n) is 4.08. The van der Waals surface area contributed by atoms with Gasteiger partial charge in [-0.05, 0) is 18.2 Å². The molecule has 0 fully saturated rings. The summed E-state index contributed by atoms with van der Waals surface area (Å²) in [5.74, 6) is 0. The fourth-order valence-corrected chi connectivity index (χ4v) is 1.80. The van der Waals surface area contributed by atoms with Crippen LogP contribution >= 0.6 is 0 Å². The Morgan fingerprint density at radius 2 is 2.33 bits per heavy atom. The summed E-state index contributed by atoms with van der Waals surface area (Å²) in [5, 5.41) is 9.53. The molecule has 0 aromatic heterocycles. The van der Waals surface area contributed by atoms with Crippen molar-refractivity contribution in [2.75, 3.05) is 0 Å². The highest BCUT2D eigenvalue weighted by molar-refractivity contribution is 6.69. The number of fused-ring (bicyclic) bond motifs is 1. The SMILES string of the molecule is O=Cc1cccc2c1B(O)CC2. The molecule has 1 N–H and O–H groups in total. The minimum absolute atomic E-state index is 0.429. The van der Waals surface area contributed by atoms with Crippen LogP contribution in [0.15, 0.2) is 18.2 Å². The van der Waals surface area contributed by atoms with Gasteiger partial charge in [0.15, 0.2) is 0 Å². The molecule has 2 nitrogen and oxygen atoms in total. The Balaban J connectivity index is 2.60. The van der Waals surface area contributed by atoms with Crippen molar-refractivity contribution in [1.29, 1.82) is 0 Å². The number of aryl methyl sites for hydroxylation is 1. The van der Waals surface area contributed by atoms with E-state index in [1.54, 1.807) is 6.07 Å². The van der Waals surface area contributed by atoms with Gasteiger partial charge in [0.1, 0.15) is 6.29 Å². The molecule has 0 spiro atoms. The zero-order valence-corrected chi connectivity index (χ0v) is 6.66. The highest BCUT2D eigenvalue weighted by Gasteiger charge is 2.26. The van der Waals surface area contributed by atoms with E-state index in [1.165, 1.54) is 0 Å². The summed E-state index contributed by atoms with van der Waals surface area (Å²) in [6.07, 6.45) is 2.45. The summed E-state index contributed by atoms with van der Waals surface area (Å²) in [7, 11) is 0. The second kappa shape index (κ2) is 2.75. The van der Waals surface area contributed by atoms with E-state index in [0.29, 0.717) is 5.56 Å². The van der Waals surface area contributed by atoms with Crippen LogP contribution in [0.4, 0.5) is 0 Å². The lowest BCUT2D eigenvalue weighted by atomic mass is 9.61. The molecule has 0 saturated carbocycles. The molecule has 1 aliphatic rings. The normalized spacial score (nSPS) is 14.6. The van der Waals surface area contributed by atoms with Crippen LogP contribution in [0.2, 0.25) is 6.32 Å². The standard InChI is InChI=1S/C9H9BO2/c11-6-8-3-1-2-7-4-5-10(12)9(7)8/h1-3,6,12H,4-5H2. The topological polar surface area (TPSA) is 37.3 Å². The highest BCUT2D eigenvalue weighted by atomic mass is 16.2. The van der Waals surface area contributed by atoms with Gasteiger partial charge >= 0.3 is 6.92 Å². The Morgan fingerprint density at radius 1 is 1.50 bits per heavy atom. The van der Waals surface area contributed by atoms with Gasteiger partial charge in [0.05, 0.1) is 0 Å². The lowest BCUT2D eigenvalue weighted by Gasteiger charge is -2.02. The van der Waals surface area contributed by atoms with Crippen molar-refractivity contribution in [3.05, 3.63) is 29.3 Å². The molecular formula is C9H9BO2. The van der Waals surface area contributed by atoms with Gasteiger partial charge in [-0.2, -0.15) is 0 Å². The molecule has 0 aliphatic carbocycles. The molecule has 0 saturated heterocycles. The van der Waals surface area contributed by atoms with Crippen LogP contribution in [-0.4, -0.2) is 18.2 Å². The van der Waals surface area contributed by atoms with Crippen LogP contribution in [0.3, 0.4) is 0 Å². The molecule has 0 bridgehead atoms. The maximum Gasteiger partial charge on any atom is 0.324 e. The lowest BCUT2D eigenvalue weighted by molar-refractivity contribution is 0.112. The maximum atomic E-state index is 10.6. The molecule has 0 radical (unpaired) electrons. The molecular weight excluding hydrogens is 151 g/mol. The Morgan fingerprint density at radius 3 is 3.08 bits per heavy atom. The molecule has 1 aliphatic heterocycles. The Kier molecular flexibility index (Phi) is 1.73. The van der Waals surface area contributed by atoms with Crippen molar-refractivity contribution in [2.24, 2.45) is 0 Å². The second-order valence-electron chi connectivity index (χ2n) is 3.09. The van der Waals surface area contributed by atoms with Gasteiger partial charge in [0.25, 0.3) is 0 Å². The summed E-state index contributed by atoms with van der Waals surface area (Å²) < 4.78 is 0. The number of carbonyl (C=O) groups is 1. The zero-order valence-electron chi connectivity index (χ0n) is 6.66. The van der Waals surface area contributed by atoms with E-state index in [9.17, 15) is 9.82 Å². The largest absolute Gasteiger partial charge is 0.446 e. The third-order valence-electron chi connectivity index (χ3n) is 2.38. The first-order valence-corrected chi connectivity index (χ1v) is 4.08. The minimum atomic E-state index is -0.429. The number of aldehydes is 1. The first kappa shape index (κ1) is 7.56. The van der Waals surface area contributed by atoms with Gasteiger partial charge in [0, 0.05) is 5.56 Å². The summed E-state index contributed by atoms with van der Waals surface area (Å²) in [6, 6.07) is 5.58. The van der Waals surface area contributed by atoms with Crippen LogP contribution in [-0.2, 0) is 6.42 Å². The van der Waals surface area contributed by atoms with Crippen molar-refractivity contribution in [3.63, 3.8) is 0 Å². The number of rotatable bonds is 1. The Bertz CT molecular complexity index is 322. The van der Waals surface area contributed by atoms with E-state index in [4.69, 9.17) is 0 Å². The molecule has 0 amide bonds. The van der Waals surface area contributed by atoms with Crippen molar-refractivity contribution in [2.45, 2.75) is 12.7 Å². The predicted molar refractivity (Wildman–Crippen MR) is 47.9 cm³/mol.